The van der Waals surface area contributed by atoms with Gasteiger partial charge in [-0.05, 0) is 25.5 Å². The summed E-state index contributed by atoms with van der Waals surface area (Å²) >= 11 is 1.38. The number of rotatable bonds is 4. The van der Waals surface area contributed by atoms with Crippen LogP contribution >= 0.6 is 11.3 Å². The number of hydrogen-bond acceptors (Lipinski definition) is 5. The van der Waals surface area contributed by atoms with Gasteiger partial charge in [0.15, 0.2) is 0 Å². The van der Waals surface area contributed by atoms with Crippen molar-refractivity contribution >= 4 is 22.9 Å². The van der Waals surface area contributed by atoms with Gasteiger partial charge in [0.25, 0.3) is 5.91 Å². The van der Waals surface area contributed by atoms with Crippen LogP contribution in [-0.2, 0) is 6.54 Å². The smallest absolute Gasteiger partial charge is 0.277 e. The van der Waals surface area contributed by atoms with Crippen LogP contribution in [0.4, 0.5) is 5.69 Å². The highest BCUT2D eigenvalue weighted by molar-refractivity contribution is 7.09. The van der Waals surface area contributed by atoms with Crippen LogP contribution in [0.25, 0.3) is 0 Å². The van der Waals surface area contributed by atoms with E-state index in [1.807, 2.05) is 13.8 Å². The van der Waals surface area contributed by atoms with E-state index in [4.69, 9.17) is 5.73 Å². The molecule has 1 aromatic heterocycles. The van der Waals surface area contributed by atoms with Gasteiger partial charge in [-0.3, -0.25) is 4.79 Å². The first kappa shape index (κ1) is 14.5. The van der Waals surface area contributed by atoms with Gasteiger partial charge in [0, 0.05) is 24.5 Å². The largest absolute Gasteiger partial charge is 0.508 e. The molecular weight excluding hydrogens is 274 g/mol. The Kier molecular flexibility index (Phi) is 4.36. The first-order valence-electron chi connectivity index (χ1n) is 6.32. The van der Waals surface area contributed by atoms with Crippen LogP contribution in [0.15, 0.2) is 23.6 Å². The average Bonchev–Trinajstić information content (AvgIpc) is 2.92. The van der Waals surface area contributed by atoms with E-state index < -0.39 is 0 Å². The van der Waals surface area contributed by atoms with Crippen molar-refractivity contribution in [1.82, 2.24) is 4.98 Å². The van der Waals surface area contributed by atoms with Gasteiger partial charge in [-0.25, -0.2) is 4.98 Å². The molecule has 0 saturated carbocycles. The summed E-state index contributed by atoms with van der Waals surface area (Å²) in [6.07, 6.45) is 0. The summed E-state index contributed by atoms with van der Waals surface area (Å²) in [5.74, 6) is -0.0464. The molecule has 1 amide bonds. The number of nitrogens with two attached hydrogens (primary N) is 1. The van der Waals surface area contributed by atoms with Crippen molar-refractivity contribution in [3.63, 3.8) is 0 Å². The number of aryl methyl sites for hydroxylation is 1. The second-order valence-corrected chi connectivity index (χ2v) is 5.29. The molecule has 0 spiro atoms. The number of nitrogens with zero attached hydrogens (tertiary/aromatic N) is 2. The summed E-state index contributed by atoms with van der Waals surface area (Å²) in [5.41, 5.74) is 7.52. The maximum absolute atomic E-state index is 12.5. The molecule has 0 atom stereocenters. The monoisotopic (exact) mass is 291 g/mol. The number of benzene rings is 1. The van der Waals surface area contributed by atoms with Crippen LogP contribution in [0.3, 0.4) is 0 Å². The summed E-state index contributed by atoms with van der Waals surface area (Å²) in [7, 11) is 0. The second-order valence-electron chi connectivity index (χ2n) is 4.35. The highest BCUT2D eigenvalue weighted by Crippen LogP contribution is 2.26. The van der Waals surface area contributed by atoms with Gasteiger partial charge in [0.2, 0.25) is 0 Å². The van der Waals surface area contributed by atoms with E-state index in [9.17, 15) is 9.90 Å². The third-order valence-electron chi connectivity index (χ3n) is 2.99. The van der Waals surface area contributed by atoms with Gasteiger partial charge < -0.3 is 15.7 Å². The Morgan fingerprint density at radius 2 is 2.25 bits per heavy atom. The summed E-state index contributed by atoms with van der Waals surface area (Å²) < 4.78 is 0. The number of phenols is 1. The van der Waals surface area contributed by atoms with Crippen molar-refractivity contribution < 1.29 is 9.90 Å². The number of thiazole rings is 1. The lowest BCUT2D eigenvalue weighted by Crippen LogP contribution is -2.31. The average molecular weight is 291 g/mol. The minimum Gasteiger partial charge on any atom is -0.508 e. The standard InChI is InChI=1S/C14H17N3O2S/c1-3-17(12-6-10(18)5-4-9(12)2)14(19)11-8-20-13(7-15)16-11/h4-6,8,18H,3,7,15H2,1-2H3. The van der Waals surface area contributed by atoms with Crippen molar-refractivity contribution in [3.8, 4) is 5.75 Å². The summed E-state index contributed by atoms with van der Waals surface area (Å²) in [5, 5.41) is 12.1. The number of aromatic nitrogens is 1. The van der Waals surface area contributed by atoms with E-state index in [0.717, 1.165) is 10.6 Å². The van der Waals surface area contributed by atoms with Gasteiger partial charge in [0.05, 0.1) is 5.69 Å². The molecule has 0 aliphatic carbocycles. The molecule has 0 aliphatic heterocycles. The fourth-order valence-corrected chi connectivity index (χ4v) is 2.60. The van der Waals surface area contributed by atoms with Crippen molar-refractivity contribution in [1.29, 1.82) is 0 Å². The Morgan fingerprint density at radius 3 is 2.85 bits per heavy atom. The number of amides is 1. The molecule has 0 saturated heterocycles. The summed E-state index contributed by atoms with van der Waals surface area (Å²) in [6.45, 7) is 4.61. The fourth-order valence-electron chi connectivity index (χ4n) is 1.95. The lowest BCUT2D eigenvalue weighted by molar-refractivity contribution is 0.0984. The van der Waals surface area contributed by atoms with Crippen LogP contribution in [0.5, 0.6) is 5.75 Å². The molecule has 20 heavy (non-hydrogen) atoms. The normalized spacial score (nSPS) is 10.6. The van der Waals surface area contributed by atoms with Gasteiger partial charge in [-0.15, -0.1) is 11.3 Å². The SMILES string of the molecule is CCN(C(=O)c1csc(CN)n1)c1cc(O)ccc1C. The van der Waals surface area contributed by atoms with Crippen molar-refractivity contribution in [2.45, 2.75) is 20.4 Å². The maximum atomic E-state index is 12.5. The molecule has 0 unspecified atom stereocenters. The van der Waals surface area contributed by atoms with E-state index in [1.54, 1.807) is 28.5 Å². The molecule has 0 aliphatic rings. The molecule has 3 N–H and O–H groups in total. The topological polar surface area (TPSA) is 79.5 Å². The first-order chi connectivity index (χ1) is 9.56. The third kappa shape index (κ3) is 2.81. The third-order valence-corrected chi connectivity index (χ3v) is 3.86. The van der Waals surface area contributed by atoms with Gasteiger partial charge in [-0.1, -0.05) is 6.07 Å². The summed E-state index contributed by atoms with van der Waals surface area (Å²) in [4.78, 5) is 18.3. The number of carbonyl (C=O) groups is 1. The molecule has 6 heteroatoms. The second kappa shape index (κ2) is 6.02. The summed E-state index contributed by atoms with van der Waals surface area (Å²) in [6, 6.07) is 4.98. The van der Waals surface area contributed by atoms with Gasteiger partial charge >= 0.3 is 0 Å². The Hall–Kier alpha value is -1.92. The Bertz CT molecular complexity index is 625. The zero-order valence-corrected chi connectivity index (χ0v) is 12.3. The molecule has 1 aromatic carbocycles. The molecule has 0 fully saturated rings. The van der Waals surface area contributed by atoms with Crippen LogP contribution in [0.2, 0.25) is 0 Å². The molecular formula is C14H17N3O2S. The first-order valence-corrected chi connectivity index (χ1v) is 7.20. The highest BCUT2D eigenvalue weighted by atomic mass is 32.1. The predicted molar refractivity (Wildman–Crippen MR) is 80.2 cm³/mol. The number of aromatic hydroxyl groups is 1. The van der Waals surface area contributed by atoms with Crippen molar-refractivity contribution in [2.75, 3.05) is 11.4 Å². The van der Waals surface area contributed by atoms with Crippen LogP contribution in [0, 0.1) is 6.92 Å². The molecule has 1 heterocycles. The predicted octanol–water partition coefficient (Wildman–Crippen LogP) is 2.28. The number of hydrogen-bond donors (Lipinski definition) is 2. The quantitative estimate of drug-likeness (QED) is 0.905. The number of anilines is 1. The molecule has 0 bridgehead atoms. The van der Waals surface area contributed by atoms with Gasteiger partial charge in [-0.2, -0.15) is 0 Å². The van der Waals surface area contributed by atoms with E-state index in [-0.39, 0.29) is 11.7 Å². The zero-order valence-electron chi connectivity index (χ0n) is 11.5. The highest BCUT2D eigenvalue weighted by Gasteiger charge is 2.20. The molecule has 5 nitrogen and oxygen atoms in total. The Morgan fingerprint density at radius 1 is 1.50 bits per heavy atom. The van der Waals surface area contributed by atoms with E-state index >= 15 is 0 Å². The maximum Gasteiger partial charge on any atom is 0.277 e. The zero-order chi connectivity index (χ0) is 14.7. The van der Waals surface area contributed by atoms with E-state index in [1.165, 1.54) is 11.3 Å². The van der Waals surface area contributed by atoms with Crippen molar-refractivity contribution in [2.24, 2.45) is 5.73 Å². The molecule has 0 radical (unpaired) electrons. The fraction of sp³-hybridized carbons (Fsp3) is 0.286. The Labute approximate surface area is 121 Å². The minimum atomic E-state index is -0.183. The van der Waals surface area contributed by atoms with Gasteiger partial charge in [0.1, 0.15) is 16.5 Å². The molecule has 2 rings (SSSR count). The van der Waals surface area contributed by atoms with E-state index in [0.29, 0.717) is 24.5 Å². The number of carbonyl (C=O) groups excluding carboxylic acids is 1. The lowest BCUT2D eigenvalue weighted by atomic mass is 10.1. The number of phenolic OH excluding ortho intramolecular Hbond substituents is 1. The van der Waals surface area contributed by atoms with Crippen molar-refractivity contribution in [3.05, 3.63) is 39.8 Å². The van der Waals surface area contributed by atoms with Crippen LogP contribution in [0.1, 0.15) is 28.0 Å². The molecule has 2 aromatic rings. The Balaban J connectivity index is 2.36. The minimum absolute atomic E-state index is 0.137. The lowest BCUT2D eigenvalue weighted by Gasteiger charge is -2.22. The van der Waals surface area contributed by atoms with E-state index in [2.05, 4.69) is 4.98 Å². The van der Waals surface area contributed by atoms with Crippen LogP contribution < -0.4 is 10.6 Å². The van der Waals surface area contributed by atoms with Crippen LogP contribution in [-0.4, -0.2) is 22.5 Å². The molecule has 106 valence electrons.